The Bertz CT molecular complexity index is 312. The van der Waals surface area contributed by atoms with Crippen LogP contribution in [0.15, 0.2) is 30.8 Å². The second kappa shape index (κ2) is 4.77. The molecule has 1 rings (SSSR count). The van der Waals surface area contributed by atoms with Gasteiger partial charge in [0.05, 0.1) is 0 Å². The van der Waals surface area contributed by atoms with Gasteiger partial charge in [-0.1, -0.05) is 0 Å². The molecule has 0 fully saturated rings. The van der Waals surface area contributed by atoms with Crippen molar-refractivity contribution in [3.8, 4) is 4.97 Å². The molecule has 0 aromatic heterocycles. The van der Waals surface area contributed by atoms with E-state index in [1.54, 1.807) is 0 Å². The van der Waals surface area contributed by atoms with E-state index < -0.39 is 0 Å². The molecule has 0 saturated heterocycles. The van der Waals surface area contributed by atoms with Gasteiger partial charge in [0.2, 0.25) is 0 Å². The predicted octanol–water partition coefficient (Wildman–Crippen LogP) is 2.01. The first-order valence-electron chi connectivity index (χ1n) is 3.59. The molecular formula is C10H9NSe. The maximum absolute atomic E-state index is 8.44. The summed E-state index contributed by atoms with van der Waals surface area (Å²) in [6.45, 7) is 3.72. The van der Waals surface area contributed by atoms with Gasteiger partial charge >= 0.3 is 78.6 Å². The van der Waals surface area contributed by atoms with Crippen molar-refractivity contribution in [2.24, 2.45) is 0 Å². The molecular weight excluding hydrogens is 213 g/mol. The normalized spacial score (nSPS) is 8.92. The van der Waals surface area contributed by atoms with Crippen molar-refractivity contribution in [2.45, 2.75) is 5.32 Å². The Morgan fingerprint density at radius 2 is 2.25 bits per heavy atom. The molecule has 1 aromatic carbocycles. The first-order chi connectivity index (χ1) is 5.88. The Kier molecular flexibility index (Phi) is 3.60. The zero-order valence-electron chi connectivity index (χ0n) is 6.66. The molecule has 0 amide bonds. The minimum absolute atomic E-state index is 0.0686. The van der Waals surface area contributed by atoms with E-state index in [9.17, 15) is 0 Å². The van der Waals surface area contributed by atoms with Crippen molar-refractivity contribution in [2.75, 3.05) is 0 Å². The summed E-state index contributed by atoms with van der Waals surface area (Å²) in [5.74, 6) is 0. The van der Waals surface area contributed by atoms with Crippen LogP contribution in [0.4, 0.5) is 0 Å². The average molecular weight is 222 g/mol. The van der Waals surface area contributed by atoms with Crippen LogP contribution >= 0.6 is 0 Å². The van der Waals surface area contributed by atoms with E-state index in [0.717, 1.165) is 10.9 Å². The minimum atomic E-state index is 0.0686. The summed E-state index contributed by atoms with van der Waals surface area (Å²) in [7, 11) is 0. The summed E-state index contributed by atoms with van der Waals surface area (Å²) in [5.41, 5.74) is 2.38. The Morgan fingerprint density at radius 1 is 1.50 bits per heavy atom. The number of hydrogen-bond acceptors (Lipinski definition) is 1. The van der Waals surface area contributed by atoms with Crippen LogP contribution in [0.3, 0.4) is 0 Å². The van der Waals surface area contributed by atoms with Crippen LogP contribution in [-0.4, -0.2) is 15.0 Å². The van der Waals surface area contributed by atoms with Crippen molar-refractivity contribution in [3.63, 3.8) is 0 Å². The van der Waals surface area contributed by atoms with Crippen molar-refractivity contribution >= 4 is 21.0 Å². The van der Waals surface area contributed by atoms with Gasteiger partial charge in [-0.05, 0) is 0 Å². The quantitative estimate of drug-likeness (QED) is 0.717. The predicted molar refractivity (Wildman–Crippen MR) is 51.6 cm³/mol. The van der Waals surface area contributed by atoms with E-state index in [0.29, 0.717) is 0 Å². The zero-order chi connectivity index (χ0) is 8.81. The standard InChI is InChI=1S/C10H9NSe/c1-2-9-5-3-4-6-10(9)7-12-8-11/h2-6H,1,7H2. The number of hydrogen-bond donors (Lipinski definition) is 0. The molecule has 0 aliphatic carbocycles. The summed E-state index contributed by atoms with van der Waals surface area (Å²) < 4.78 is 0. The van der Waals surface area contributed by atoms with Crippen LogP contribution in [0.2, 0.25) is 0 Å². The Balaban J connectivity index is 2.83. The molecule has 1 nitrogen and oxygen atoms in total. The van der Waals surface area contributed by atoms with Crippen LogP contribution in [0, 0.1) is 10.2 Å². The van der Waals surface area contributed by atoms with E-state index in [2.05, 4.69) is 17.6 Å². The Labute approximate surface area is 78.9 Å². The fourth-order valence-corrected chi connectivity index (χ4v) is 1.99. The van der Waals surface area contributed by atoms with Crippen LogP contribution in [-0.2, 0) is 5.32 Å². The topological polar surface area (TPSA) is 23.8 Å². The molecule has 0 bridgehead atoms. The van der Waals surface area contributed by atoms with Crippen LogP contribution < -0.4 is 0 Å². The molecule has 1 aromatic rings. The Morgan fingerprint density at radius 3 is 2.92 bits per heavy atom. The number of rotatable bonds is 3. The summed E-state index contributed by atoms with van der Waals surface area (Å²) in [5, 5.41) is 9.32. The van der Waals surface area contributed by atoms with E-state index in [1.165, 1.54) is 5.56 Å². The molecule has 0 atom stereocenters. The molecule has 0 heterocycles. The molecule has 2 heteroatoms. The monoisotopic (exact) mass is 223 g/mol. The van der Waals surface area contributed by atoms with E-state index in [1.807, 2.05) is 24.3 Å². The second-order valence-corrected chi connectivity index (χ2v) is 3.88. The first kappa shape index (κ1) is 9.06. The third kappa shape index (κ3) is 2.23. The molecule has 0 saturated carbocycles. The molecule has 12 heavy (non-hydrogen) atoms. The fraction of sp³-hybridized carbons (Fsp3) is 0.100. The first-order valence-corrected chi connectivity index (χ1v) is 5.66. The third-order valence-electron chi connectivity index (χ3n) is 1.57. The van der Waals surface area contributed by atoms with Crippen LogP contribution in [0.25, 0.3) is 6.08 Å². The number of nitrogens with zero attached hydrogens (tertiary/aromatic N) is 1. The van der Waals surface area contributed by atoms with Gasteiger partial charge < -0.3 is 0 Å². The van der Waals surface area contributed by atoms with E-state index in [4.69, 9.17) is 5.26 Å². The fourth-order valence-electron chi connectivity index (χ4n) is 0.975. The number of benzene rings is 1. The molecule has 0 spiro atoms. The van der Waals surface area contributed by atoms with E-state index >= 15 is 0 Å². The van der Waals surface area contributed by atoms with Gasteiger partial charge in [0.25, 0.3) is 0 Å². The second-order valence-electron chi connectivity index (χ2n) is 2.28. The summed E-state index contributed by atoms with van der Waals surface area (Å²) >= 11 is 0.0686. The molecule has 0 aliphatic rings. The molecule has 0 aliphatic heterocycles. The van der Waals surface area contributed by atoms with Crippen molar-refractivity contribution in [1.29, 1.82) is 5.26 Å². The SMILES string of the molecule is C=Cc1ccccc1C[Se]C#N. The zero-order valence-corrected chi connectivity index (χ0v) is 8.37. The van der Waals surface area contributed by atoms with Gasteiger partial charge in [0.15, 0.2) is 0 Å². The van der Waals surface area contributed by atoms with Crippen molar-refractivity contribution < 1.29 is 0 Å². The third-order valence-corrected chi connectivity index (χ3v) is 2.79. The van der Waals surface area contributed by atoms with Crippen molar-refractivity contribution in [1.82, 2.24) is 0 Å². The molecule has 60 valence electrons. The van der Waals surface area contributed by atoms with Gasteiger partial charge in [0, 0.05) is 0 Å². The van der Waals surface area contributed by atoms with Gasteiger partial charge in [-0.25, -0.2) is 0 Å². The molecule has 0 radical (unpaired) electrons. The van der Waals surface area contributed by atoms with Crippen LogP contribution in [0.5, 0.6) is 0 Å². The van der Waals surface area contributed by atoms with Crippen molar-refractivity contribution in [3.05, 3.63) is 42.0 Å². The Hall–Kier alpha value is -1.03. The van der Waals surface area contributed by atoms with Gasteiger partial charge in [-0.2, -0.15) is 0 Å². The number of nitriles is 1. The molecule has 0 unspecified atom stereocenters. The summed E-state index contributed by atoms with van der Waals surface area (Å²) in [6, 6.07) is 8.06. The molecule has 0 N–H and O–H groups in total. The summed E-state index contributed by atoms with van der Waals surface area (Å²) in [4.78, 5) is 2.20. The van der Waals surface area contributed by atoms with Gasteiger partial charge in [0.1, 0.15) is 0 Å². The van der Waals surface area contributed by atoms with E-state index in [-0.39, 0.29) is 15.0 Å². The maximum atomic E-state index is 8.44. The summed E-state index contributed by atoms with van der Waals surface area (Å²) in [6.07, 6.45) is 1.84. The van der Waals surface area contributed by atoms with Gasteiger partial charge in [-0.3, -0.25) is 0 Å². The van der Waals surface area contributed by atoms with Crippen LogP contribution in [0.1, 0.15) is 11.1 Å². The van der Waals surface area contributed by atoms with Gasteiger partial charge in [-0.15, -0.1) is 0 Å². The average Bonchev–Trinajstić information content (AvgIpc) is 2.15.